The minimum Gasteiger partial charge on any atom is -0.493 e. The zero-order valence-corrected chi connectivity index (χ0v) is 11.3. The van der Waals surface area contributed by atoms with E-state index in [9.17, 15) is 0 Å². The Bertz CT molecular complexity index is 765. The first-order valence-electron chi connectivity index (χ1n) is 6.19. The summed E-state index contributed by atoms with van der Waals surface area (Å²) < 4.78 is 10.8. The standard InChI is InChI=1S/C15H15N3O2/c1-19-13-5-3-4-10(14(13)20-2)9-6-7-12-11(8-9)15(16)18-17-12/h3-8H,1-2H3,(H3,16,17,18). The Labute approximate surface area is 116 Å². The van der Waals surface area contributed by atoms with Crippen molar-refractivity contribution in [1.29, 1.82) is 0 Å². The van der Waals surface area contributed by atoms with Gasteiger partial charge in [-0.25, -0.2) is 0 Å². The summed E-state index contributed by atoms with van der Waals surface area (Å²) in [5.41, 5.74) is 8.72. The number of fused-ring (bicyclic) bond motifs is 1. The van der Waals surface area contributed by atoms with E-state index >= 15 is 0 Å². The number of methoxy groups -OCH3 is 2. The van der Waals surface area contributed by atoms with Crippen LogP contribution in [0.3, 0.4) is 0 Å². The second kappa shape index (κ2) is 4.77. The first kappa shape index (κ1) is 12.3. The van der Waals surface area contributed by atoms with Gasteiger partial charge >= 0.3 is 0 Å². The maximum atomic E-state index is 5.85. The molecular formula is C15H15N3O2. The molecule has 1 aromatic heterocycles. The summed E-state index contributed by atoms with van der Waals surface area (Å²) in [6.45, 7) is 0. The second-order valence-electron chi connectivity index (χ2n) is 4.41. The molecule has 0 spiro atoms. The first-order chi connectivity index (χ1) is 9.74. The van der Waals surface area contributed by atoms with Gasteiger partial charge in [-0.05, 0) is 23.8 Å². The van der Waals surface area contributed by atoms with E-state index in [0.29, 0.717) is 17.3 Å². The van der Waals surface area contributed by atoms with Crippen LogP contribution in [0.5, 0.6) is 11.5 Å². The van der Waals surface area contributed by atoms with E-state index in [1.54, 1.807) is 14.2 Å². The van der Waals surface area contributed by atoms with Crippen LogP contribution in [0.4, 0.5) is 5.82 Å². The lowest BCUT2D eigenvalue weighted by Gasteiger charge is -2.12. The molecule has 0 radical (unpaired) electrons. The third-order valence-electron chi connectivity index (χ3n) is 3.31. The Morgan fingerprint density at radius 2 is 1.95 bits per heavy atom. The van der Waals surface area contributed by atoms with Crippen LogP contribution in [0.2, 0.25) is 0 Å². The molecule has 0 amide bonds. The molecule has 0 fully saturated rings. The van der Waals surface area contributed by atoms with E-state index in [1.807, 2.05) is 36.4 Å². The van der Waals surface area contributed by atoms with E-state index in [-0.39, 0.29) is 0 Å². The number of para-hydroxylation sites is 1. The first-order valence-corrected chi connectivity index (χ1v) is 6.19. The molecule has 0 saturated heterocycles. The number of nitrogens with one attached hydrogen (secondary N) is 1. The molecule has 3 rings (SSSR count). The summed E-state index contributed by atoms with van der Waals surface area (Å²) in [6, 6.07) is 11.7. The quantitative estimate of drug-likeness (QED) is 0.766. The van der Waals surface area contributed by atoms with E-state index in [1.165, 1.54) is 0 Å². The number of nitrogens with two attached hydrogens (primary N) is 1. The Kier molecular flexibility index (Phi) is 2.95. The number of hydrogen-bond acceptors (Lipinski definition) is 4. The van der Waals surface area contributed by atoms with Gasteiger partial charge < -0.3 is 15.2 Å². The fraction of sp³-hybridized carbons (Fsp3) is 0.133. The van der Waals surface area contributed by atoms with Crippen molar-refractivity contribution >= 4 is 16.7 Å². The van der Waals surface area contributed by atoms with Crippen molar-refractivity contribution in [3.63, 3.8) is 0 Å². The van der Waals surface area contributed by atoms with Crippen LogP contribution in [0.1, 0.15) is 0 Å². The minimum atomic E-state index is 0.490. The molecule has 0 unspecified atom stereocenters. The average Bonchev–Trinajstić information content (AvgIpc) is 2.87. The molecule has 1 heterocycles. The van der Waals surface area contributed by atoms with Gasteiger partial charge in [-0.3, -0.25) is 5.10 Å². The van der Waals surface area contributed by atoms with Crippen LogP contribution in [-0.4, -0.2) is 24.4 Å². The minimum absolute atomic E-state index is 0.490. The highest BCUT2D eigenvalue weighted by Crippen LogP contribution is 2.38. The fourth-order valence-corrected chi connectivity index (χ4v) is 2.32. The average molecular weight is 269 g/mol. The van der Waals surface area contributed by atoms with Crippen LogP contribution in [0.15, 0.2) is 36.4 Å². The van der Waals surface area contributed by atoms with Crippen molar-refractivity contribution in [3.05, 3.63) is 36.4 Å². The fourth-order valence-electron chi connectivity index (χ4n) is 2.32. The molecule has 0 saturated carbocycles. The zero-order chi connectivity index (χ0) is 14.1. The lowest BCUT2D eigenvalue weighted by molar-refractivity contribution is 0.356. The highest BCUT2D eigenvalue weighted by molar-refractivity contribution is 5.93. The summed E-state index contributed by atoms with van der Waals surface area (Å²) in [6.07, 6.45) is 0. The molecule has 3 aromatic rings. The number of hydrogen-bond donors (Lipinski definition) is 2. The van der Waals surface area contributed by atoms with E-state index < -0.39 is 0 Å². The van der Waals surface area contributed by atoms with Gasteiger partial charge in [0.15, 0.2) is 17.3 Å². The number of anilines is 1. The van der Waals surface area contributed by atoms with Crippen LogP contribution in [0.25, 0.3) is 22.0 Å². The normalized spacial score (nSPS) is 10.7. The number of nitrogen functional groups attached to an aromatic ring is 1. The van der Waals surface area contributed by atoms with Crippen LogP contribution < -0.4 is 15.2 Å². The second-order valence-corrected chi connectivity index (χ2v) is 4.41. The smallest absolute Gasteiger partial charge is 0.168 e. The highest BCUT2D eigenvalue weighted by atomic mass is 16.5. The lowest BCUT2D eigenvalue weighted by Crippen LogP contribution is -1.93. The van der Waals surface area contributed by atoms with Crippen molar-refractivity contribution in [2.24, 2.45) is 0 Å². The van der Waals surface area contributed by atoms with Gasteiger partial charge in [0, 0.05) is 10.9 Å². The van der Waals surface area contributed by atoms with Crippen molar-refractivity contribution in [2.75, 3.05) is 20.0 Å². The van der Waals surface area contributed by atoms with Gasteiger partial charge in [0.05, 0.1) is 19.7 Å². The van der Waals surface area contributed by atoms with Gasteiger partial charge in [0.25, 0.3) is 0 Å². The summed E-state index contributed by atoms with van der Waals surface area (Å²) in [7, 11) is 3.25. The Morgan fingerprint density at radius 1 is 1.10 bits per heavy atom. The zero-order valence-electron chi connectivity index (χ0n) is 11.3. The monoisotopic (exact) mass is 269 g/mol. The molecule has 0 atom stereocenters. The molecule has 20 heavy (non-hydrogen) atoms. The molecule has 0 aliphatic heterocycles. The van der Waals surface area contributed by atoms with Crippen molar-refractivity contribution < 1.29 is 9.47 Å². The van der Waals surface area contributed by atoms with Crippen molar-refractivity contribution in [1.82, 2.24) is 10.2 Å². The van der Waals surface area contributed by atoms with Crippen molar-refractivity contribution in [2.45, 2.75) is 0 Å². The molecule has 3 N–H and O–H groups in total. The maximum Gasteiger partial charge on any atom is 0.168 e. The predicted octanol–water partition coefficient (Wildman–Crippen LogP) is 2.83. The molecule has 2 aromatic carbocycles. The Balaban J connectivity index is 2.22. The molecular weight excluding hydrogens is 254 g/mol. The molecule has 0 aliphatic rings. The van der Waals surface area contributed by atoms with Crippen LogP contribution in [-0.2, 0) is 0 Å². The summed E-state index contributed by atoms with van der Waals surface area (Å²) in [5, 5.41) is 7.79. The number of rotatable bonds is 3. The third kappa shape index (κ3) is 1.84. The molecule has 5 heteroatoms. The van der Waals surface area contributed by atoms with Gasteiger partial charge in [-0.2, -0.15) is 5.10 Å². The maximum absolute atomic E-state index is 5.85. The predicted molar refractivity (Wildman–Crippen MR) is 79.0 cm³/mol. The van der Waals surface area contributed by atoms with E-state index in [0.717, 1.165) is 22.0 Å². The van der Waals surface area contributed by atoms with Gasteiger partial charge in [0.1, 0.15) is 0 Å². The number of ether oxygens (including phenoxy) is 2. The van der Waals surface area contributed by atoms with Crippen LogP contribution in [0, 0.1) is 0 Å². The van der Waals surface area contributed by atoms with Crippen molar-refractivity contribution in [3.8, 4) is 22.6 Å². The molecule has 102 valence electrons. The van der Waals surface area contributed by atoms with Gasteiger partial charge in [0.2, 0.25) is 0 Å². The lowest BCUT2D eigenvalue weighted by atomic mass is 10.0. The molecule has 0 aliphatic carbocycles. The van der Waals surface area contributed by atoms with Gasteiger partial charge in [-0.1, -0.05) is 18.2 Å². The number of H-pyrrole nitrogens is 1. The van der Waals surface area contributed by atoms with E-state index in [2.05, 4.69) is 10.2 Å². The summed E-state index contributed by atoms with van der Waals surface area (Å²) >= 11 is 0. The summed E-state index contributed by atoms with van der Waals surface area (Å²) in [4.78, 5) is 0. The van der Waals surface area contributed by atoms with Crippen LogP contribution >= 0.6 is 0 Å². The van der Waals surface area contributed by atoms with E-state index in [4.69, 9.17) is 15.2 Å². The Morgan fingerprint density at radius 3 is 2.70 bits per heavy atom. The largest absolute Gasteiger partial charge is 0.493 e. The molecule has 5 nitrogen and oxygen atoms in total. The number of benzene rings is 2. The number of aromatic amines is 1. The third-order valence-corrected chi connectivity index (χ3v) is 3.31. The molecule has 0 bridgehead atoms. The number of aromatic nitrogens is 2. The topological polar surface area (TPSA) is 73.2 Å². The van der Waals surface area contributed by atoms with Gasteiger partial charge in [-0.15, -0.1) is 0 Å². The Hall–Kier alpha value is -2.69. The SMILES string of the molecule is COc1cccc(-c2ccc3[nH]nc(N)c3c2)c1OC. The highest BCUT2D eigenvalue weighted by Gasteiger charge is 2.12. The number of nitrogens with zero attached hydrogens (tertiary/aromatic N) is 1. The summed E-state index contributed by atoms with van der Waals surface area (Å²) in [5.74, 6) is 1.89.